The molecule has 0 aromatic heterocycles. The Hall–Kier alpha value is -0.330. The molecular formula is C13H24O. The third kappa shape index (κ3) is 3.81. The molecule has 2 unspecified atom stereocenters. The summed E-state index contributed by atoms with van der Waals surface area (Å²) < 4.78 is 0. The van der Waals surface area contributed by atoms with E-state index in [1.54, 1.807) is 0 Å². The molecule has 1 rings (SSSR count). The lowest BCUT2D eigenvalue weighted by atomic mass is 9.75. The lowest BCUT2D eigenvalue weighted by molar-refractivity contribution is -0.108. The van der Waals surface area contributed by atoms with Crippen LogP contribution in [0, 0.1) is 17.8 Å². The average Bonchev–Trinajstić information content (AvgIpc) is 2.19. The third-order valence-electron chi connectivity index (χ3n) is 3.70. The van der Waals surface area contributed by atoms with Gasteiger partial charge in [0.2, 0.25) is 0 Å². The van der Waals surface area contributed by atoms with Gasteiger partial charge in [-0.3, -0.25) is 0 Å². The average molecular weight is 196 g/mol. The van der Waals surface area contributed by atoms with Crippen molar-refractivity contribution in [2.75, 3.05) is 0 Å². The molecule has 1 heteroatoms. The van der Waals surface area contributed by atoms with Gasteiger partial charge in [0.25, 0.3) is 0 Å². The van der Waals surface area contributed by atoms with Crippen LogP contribution < -0.4 is 0 Å². The summed E-state index contributed by atoms with van der Waals surface area (Å²) >= 11 is 0. The first kappa shape index (κ1) is 11.7. The summed E-state index contributed by atoms with van der Waals surface area (Å²) in [6.07, 6.45) is 9.88. The second kappa shape index (κ2) is 6.21. The standard InChI is InChI=1S/C13H24O/c1-11(2)13-8-5-7-12(10-13)6-3-4-9-14/h9,11-13H,3-8,10H2,1-2H3. The van der Waals surface area contributed by atoms with E-state index in [1.165, 1.54) is 32.1 Å². The summed E-state index contributed by atoms with van der Waals surface area (Å²) in [7, 11) is 0. The van der Waals surface area contributed by atoms with Gasteiger partial charge in [-0.15, -0.1) is 0 Å². The minimum absolute atomic E-state index is 0.767. The van der Waals surface area contributed by atoms with Crippen LogP contribution in [-0.2, 0) is 4.79 Å². The van der Waals surface area contributed by atoms with E-state index >= 15 is 0 Å². The summed E-state index contributed by atoms with van der Waals surface area (Å²) in [6, 6.07) is 0. The van der Waals surface area contributed by atoms with E-state index in [2.05, 4.69) is 13.8 Å². The Kier molecular flexibility index (Phi) is 5.21. The summed E-state index contributed by atoms with van der Waals surface area (Å²) in [6.45, 7) is 4.69. The van der Waals surface area contributed by atoms with E-state index in [9.17, 15) is 4.79 Å². The Balaban J connectivity index is 2.22. The van der Waals surface area contributed by atoms with Crippen LogP contribution in [0.4, 0.5) is 0 Å². The minimum Gasteiger partial charge on any atom is -0.303 e. The van der Waals surface area contributed by atoms with Crippen LogP contribution in [0.1, 0.15) is 58.8 Å². The first-order valence-electron chi connectivity index (χ1n) is 6.17. The molecule has 0 aromatic carbocycles. The lowest BCUT2D eigenvalue weighted by Gasteiger charge is -2.31. The Morgan fingerprint density at radius 3 is 2.79 bits per heavy atom. The lowest BCUT2D eigenvalue weighted by Crippen LogP contribution is -2.19. The van der Waals surface area contributed by atoms with Gasteiger partial charge < -0.3 is 4.79 Å². The molecular weight excluding hydrogens is 172 g/mol. The van der Waals surface area contributed by atoms with Crippen molar-refractivity contribution in [3.8, 4) is 0 Å². The fourth-order valence-corrected chi connectivity index (χ4v) is 2.69. The van der Waals surface area contributed by atoms with Gasteiger partial charge in [-0.05, 0) is 30.6 Å². The van der Waals surface area contributed by atoms with Gasteiger partial charge >= 0.3 is 0 Å². The van der Waals surface area contributed by atoms with Crippen molar-refractivity contribution >= 4 is 6.29 Å². The molecule has 1 aliphatic carbocycles. The number of aldehydes is 1. The monoisotopic (exact) mass is 196 g/mol. The van der Waals surface area contributed by atoms with Gasteiger partial charge in [-0.25, -0.2) is 0 Å². The van der Waals surface area contributed by atoms with Gasteiger partial charge in [0.1, 0.15) is 6.29 Å². The van der Waals surface area contributed by atoms with Crippen LogP contribution in [0.3, 0.4) is 0 Å². The van der Waals surface area contributed by atoms with Crippen LogP contribution in [0.5, 0.6) is 0 Å². The highest BCUT2D eigenvalue weighted by Crippen LogP contribution is 2.35. The maximum atomic E-state index is 10.2. The smallest absolute Gasteiger partial charge is 0.119 e. The Bertz CT molecular complexity index is 163. The van der Waals surface area contributed by atoms with Crippen molar-refractivity contribution in [2.45, 2.75) is 58.8 Å². The van der Waals surface area contributed by atoms with E-state index in [-0.39, 0.29) is 0 Å². The maximum Gasteiger partial charge on any atom is 0.119 e. The Morgan fingerprint density at radius 1 is 1.36 bits per heavy atom. The van der Waals surface area contributed by atoms with Gasteiger partial charge in [-0.1, -0.05) is 39.5 Å². The highest BCUT2D eigenvalue weighted by Gasteiger charge is 2.23. The highest BCUT2D eigenvalue weighted by atomic mass is 16.1. The van der Waals surface area contributed by atoms with E-state index in [0.717, 1.165) is 36.9 Å². The first-order chi connectivity index (χ1) is 6.74. The van der Waals surface area contributed by atoms with Crippen molar-refractivity contribution in [3.05, 3.63) is 0 Å². The number of hydrogen-bond acceptors (Lipinski definition) is 1. The van der Waals surface area contributed by atoms with Crippen LogP contribution in [0.2, 0.25) is 0 Å². The molecule has 0 bridgehead atoms. The molecule has 0 spiro atoms. The number of carbonyl (C=O) groups excluding carboxylic acids is 1. The second-order valence-corrected chi connectivity index (χ2v) is 5.13. The van der Waals surface area contributed by atoms with Crippen molar-refractivity contribution < 1.29 is 4.79 Å². The molecule has 1 aliphatic rings. The predicted octanol–water partition coefficient (Wildman–Crippen LogP) is 3.82. The predicted molar refractivity (Wildman–Crippen MR) is 60.2 cm³/mol. The van der Waals surface area contributed by atoms with Crippen molar-refractivity contribution in [2.24, 2.45) is 17.8 Å². The molecule has 0 aromatic rings. The number of unbranched alkanes of at least 4 members (excludes halogenated alkanes) is 1. The van der Waals surface area contributed by atoms with Crippen LogP contribution in [0.15, 0.2) is 0 Å². The summed E-state index contributed by atoms with van der Waals surface area (Å²) in [4.78, 5) is 10.2. The van der Waals surface area contributed by atoms with Crippen LogP contribution in [0.25, 0.3) is 0 Å². The molecule has 0 N–H and O–H groups in total. The molecule has 1 fully saturated rings. The van der Waals surface area contributed by atoms with E-state index < -0.39 is 0 Å². The molecule has 1 nitrogen and oxygen atoms in total. The van der Waals surface area contributed by atoms with Gasteiger partial charge in [0.15, 0.2) is 0 Å². The van der Waals surface area contributed by atoms with Crippen LogP contribution in [-0.4, -0.2) is 6.29 Å². The quantitative estimate of drug-likeness (QED) is 0.482. The van der Waals surface area contributed by atoms with Crippen molar-refractivity contribution in [1.29, 1.82) is 0 Å². The maximum absolute atomic E-state index is 10.2. The van der Waals surface area contributed by atoms with Crippen molar-refractivity contribution in [3.63, 3.8) is 0 Å². The normalized spacial score (nSPS) is 27.9. The highest BCUT2D eigenvalue weighted by molar-refractivity contribution is 5.48. The van der Waals surface area contributed by atoms with Gasteiger partial charge in [0, 0.05) is 6.42 Å². The van der Waals surface area contributed by atoms with Crippen molar-refractivity contribution in [1.82, 2.24) is 0 Å². The molecule has 14 heavy (non-hydrogen) atoms. The number of rotatable bonds is 5. The SMILES string of the molecule is CC(C)C1CCCC(CCCC=O)C1. The second-order valence-electron chi connectivity index (χ2n) is 5.13. The first-order valence-corrected chi connectivity index (χ1v) is 6.17. The molecule has 0 heterocycles. The van der Waals surface area contributed by atoms with E-state index in [0.29, 0.717) is 0 Å². The summed E-state index contributed by atoms with van der Waals surface area (Å²) in [5.41, 5.74) is 0. The van der Waals surface area contributed by atoms with E-state index in [4.69, 9.17) is 0 Å². The summed E-state index contributed by atoms with van der Waals surface area (Å²) in [5.74, 6) is 2.71. The summed E-state index contributed by atoms with van der Waals surface area (Å²) in [5, 5.41) is 0. The number of hydrogen-bond donors (Lipinski definition) is 0. The Morgan fingerprint density at radius 2 is 2.14 bits per heavy atom. The number of carbonyl (C=O) groups is 1. The topological polar surface area (TPSA) is 17.1 Å². The van der Waals surface area contributed by atoms with Gasteiger partial charge in [-0.2, -0.15) is 0 Å². The third-order valence-corrected chi connectivity index (χ3v) is 3.70. The Labute approximate surface area is 88.3 Å². The minimum atomic E-state index is 0.767. The zero-order valence-electron chi connectivity index (χ0n) is 9.67. The molecule has 0 radical (unpaired) electrons. The molecule has 82 valence electrons. The molecule has 1 saturated carbocycles. The zero-order valence-corrected chi connectivity index (χ0v) is 9.67. The molecule has 0 aliphatic heterocycles. The molecule has 0 amide bonds. The fourth-order valence-electron chi connectivity index (χ4n) is 2.69. The fraction of sp³-hybridized carbons (Fsp3) is 0.923. The molecule has 0 saturated heterocycles. The largest absolute Gasteiger partial charge is 0.303 e. The molecule has 2 atom stereocenters. The zero-order chi connectivity index (χ0) is 10.4. The van der Waals surface area contributed by atoms with Crippen LogP contribution >= 0.6 is 0 Å². The van der Waals surface area contributed by atoms with E-state index in [1.807, 2.05) is 0 Å². The van der Waals surface area contributed by atoms with Gasteiger partial charge in [0.05, 0.1) is 0 Å².